The van der Waals surface area contributed by atoms with Crippen molar-refractivity contribution in [1.82, 2.24) is 0 Å². The molecule has 5 heteroatoms. The zero-order chi connectivity index (χ0) is 16.7. The molecule has 126 valence electrons. The zero-order valence-corrected chi connectivity index (χ0v) is 13.5. The Hall–Kier alpha value is -2.14. The molecule has 1 saturated carbocycles. The second-order valence-electron chi connectivity index (χ2n) is 7.16. The summed E-state index contributed by atoms with van der Waals surface area (Å²) < 4.78 is 24.9. The highest BCUT2D eigenvalue weighted by Crippen LogP contribution is 2.56. The summed E-state index contributed by atoms with van der Waals surface area (Å²) in [6.07, 6.45) is 2.30. The highest BCUT2D eigenvalue weighted by atomic mass is 19.4. The highest BCUT2D eigenvalue weighted by Gasteiger charge is 2.52. The van der Waals surface area contributed by atoms with Crippen molar-refractivity contribution in [3.8, 4) is 0 Å². The Balaban J connectivity index is 1.33. The number of hydrogen-bond acceptors (Lipinski definition) is 3. The molecule has 1 saturated heterocycles. The van der Waals surface area contributed by atoms with Gasteiger partial charge in [0.25, 0.3) is 0 Å². The molecule has 2 N–H and O–H groups in total. The molecule has 0 amide bonds. The van der Waals surface area contributed by atoms with Crippen LogP contribution in [0.3, 0.4) is 0 Å². The Morgan fingerprint density at radius 2 is 1.62 bits per heavy atom. The van der Waals surface area contributed by atoms with Gasteiger partial charge in [0, 0.05) is 30.7 Å². The van der Waals surface area contributed by atoms with Crippen molar-refractivity contribution in [3.63, 3.8) is 0 Å². The maximum absolute atomic E-state index is 12.5. The molecule has 0 unspecified atom stereocenters. The molecule has 2 aromatic carbocycles. The van der Waals surface area contributed by atoms with Gasteiger partial charge in [-0.15, -0.1) is 0 Å². The van der Waals surface area contributed by atoms with Crippen molar-refractivity contribution >= 4 is 11.4 Å². The molecule has 0 bridgehead atoms. The molecule has 1 heterocycles. The highest BCUT2D eigenvalue weighted by molar-refractivity contribution is 5.52. The molecule has 2 aromatic rings. The van der Waals surface area contributed by atoms with Gasteiger partial charge in [-0.25, -0.2) is 0 Å². The quantitative estimate of drug-likeness (QED) is 0.857. The summed E-state index contributed by atoms with van der Waals surface area (Å²) in [6.45, 7) is 2.76. The van der Waals surface area contributed by atoms with Crippen LogP contribution in [0.5, 0.6) is 0 Å². The van der Waals surface area contributed by atoms with E-state index in [4.69, 9.17) is 5.73 Å². The molecule has 1 aliphatic carbocycles. The van der Waals surface area contributed by atoms with Crippen LogP contribution in [0.1, 0.15) is 29.9 Å². The van der Waals surface area contributed by atoms with Crippen LogP contribution in [0.25, 0.3) is 0 Å². The molecular formula is C19H21F2N3. The molecule has 0 atom stereocenters. The fraction of sp³-hybridized carbons (Fsp3) is 0.368. The van der Waals surface area contributed by atoms with E-state index in [-0.39, 0.29) is 5.69 Å². The van der Waals surface area contributed by atoms with E-state index < -0.39 is 5.34 Å². The third kappa shape index (κ3) is 2.63. The van der Waals surface area contributed by atoms with Gasteiger partial charge in [0.05, 0.1) is 0 Å². The van der Waals surface area contributed by atoms with Gasteiger partial charge >= 0.3 is 0 Å². The fourth-order valence-corrected chi connectivity index (χ4v) is 4.13. The number of halogens is 2. The summed E-state index contributed by atoms with van der Waals surface area (Å²) in [5.74, 6) is 0.508. The van der Waals surface area contributed by atoms with Crippen LogP contribution >= 0.6 is 0 Å². The number of anilines is 2. The summed E-state index contributed by atoms with van der Waals surface area (Å²) in [5, 5.41) is -0.841. The lowest BCUT2D eigenvalue weighted by Gasteiger charge is -2.60. The van der Waals surface area contributed by atoms with Crippen LogP contribution in [-0.2, 0) is 6.54 Å². The summed E-state index contributed by atoms with van der Waals surface area (Å²) in [4.78, 5) is 2.41. The lowest BCUT2D eigenvalue weighted by molar-refractivity contribution is 0.0634. The van der Waals surface area contributed by atoms with Gasteiger partial charge < -0.3 is 10.6 Å². The van der Waals surface area contributed by atoms with E-state index in [2.05, 4.69) is 29.2 Å². The first-order valence-corrected chi connectivity index (χ1v) is 8.34. The first kappa shape index (κ1) is 15.4. The van der Waals surface area contributed by atoms with E-state index in [9.17, 15) is 8.96 Å². The molecule has 2 fully saturated rings. The SMILES string of the molecule is NCc1ccc(N2CC3(CC(c4ccc(N(F)F)cc4)C3)C2)cc1. The van der Waals surface area contributed by atoms with Gasteiger partial charge in [-0.3, -0.25) is 0 Å². The Morgan fingerprint density at radius 1 is 1.00 bits per heavy atom. The number of nitrogens with two attached hydrogens (primary N) is 1. The monoisotopic (exact) mass is 329 g/mol. The summed E-state index contributed by atoms with van der Waals surface area (Å²) in [5.41, 5.74) is 9.59. The van der Waals surface area contributed by atoms with Crippen LogP contribution in [0.2, 0.25) is 0 Å². The normalized spacial score (nSPS) is 19.0. The van der Waals surface area contributed by atoms with Crippen LogP contribution in [0, 0.1) is 5.41 Å². The van der Waals surface area contributed by atoms with Crippen LogP contribution in [0.4, 0.5) is 20.3 Å². The van der Waals surface area contributed by atoms with Gasteiger partial charge in [0.2, 0.25) is 0 Å². The van der Waals surface area contributed by atoms with Crippen molar-refractivity contribution in [2.45, 2.75) is 25.3 Å². The number of hydrogen-bond donors (Lipinski definition) is 1. The van der Waals surface area contributed by atoms with Crippen LogP contribution < -0.4 is 16.0 Å². The van der Waals surface area contributed by atoms with E-state index >= 15 is 0 Å². The van der Waals surface area contributed by atoms with Crippen molar-refractivity contribution in [1.29, 1.82) is 0 Å². The van der Waals surface area contributed by atoms with Gasteiger partial charge in [-0.1, -0.05) is 33.2 Å². The van der Waals surface area contributed by atoms with E-state index in [0.29, 0.717) is 17.9 Å². The molecule has 4 rings (SSSR count). The Morgan fingerprint density at radius 3 is 2.17 bits per heavy atom. The van der Waals surface area contributed by atoms with Gasteiger partial charge in [-0.05, 0) is 59.5 Å². The van der Waals surface area contributed by atoms with E-state index in [0.717, 1.165) is 31.5 Å². The summed E-state index contributed by atoms with van der Waals surface area (Å²) >= 11 is 0. The molecule has 24 heavy (non-hydrogen) atoms. The molecule has 0 radical (unpaired) electrons. The minimum absolute atomic E-state index is 0.0523. The van der Waals surface area contributed by atoms with E-state index in [1.807, 2.05) is 12.1 Å². The third-order valence-corrected chi connectivity index (χ3v) is 5.51. The average Bonchev–Trinajstić information content (AvgIpc) is 2.53. The molecule has 3 nitrogen and oxygen atoms in total. The Kier molecular flexibility index (Phi) is 3.68. The van der Waals surface area contributed by atoms with Gasteiger partial charge in [0.1, 0.15) is 5.69 Å². The van der Waals surface area contributed by atoms with Gasteiger partial charge in [-0.2, -0.15) is 0 Å². The second-order valence-corrected chi connectivity index (χ2v) is 7.16. The first-order chi connectivity index (χ1) is 11.6. The molecule has 0 aromatic heterocycles. The predicted molar refractivity (Wildman–Crippen MR) is 92.1 cm³/mol. The topological polar surface area (TPSA) is 32.5 Å². The predicted octanol–water partition coefficient (Wildman–Crippen LogP) is 4.10. The summed E-state index contributed by atoms with van der Waals surface area (Å²) in [6, 6.07) is 15.1. The van der Waals surface area contributed by atoms with Crippen molar-refractivity contribution in [3.05, 3.63) is 59.7 Å². The van der Waals surface area contributed by atoms with Crippen molar-refractivity contribution in [2.75, 3.05) is 23.3 Å². The van der Waals surface area contributed by atoms with Crippen LogP contribution in [-0.4, -0.2) is 13.1 Å². The van der Waals surface area contributed by atoms with Crippen molar-refractivity contribution in [2.24, 2.45) is 11.1 Å². The van der Waals surface area contributed by atoms with E-state index in [1.54, 1.807) is 0 Å². The summed E-state index contributed by atoms with van der Waals surface area (Å²) in [7, 11) is 0. The molecule has 2 aliphatic rings. The maximum Gasteiger partial charge on any atom is 0.105 e. The smallest absolute Gasteiger partial charge is 0.105 e. The van der Waals surface area contributed by atoms with Crippen molar-refractivity contribution < 1.29 is 8.96 Å². The van der Waals surface area contributed by atoms with E-state index in [1.165, 1.54) is 23.4 Å². The maximum atomic E-state index is 12.5. The molecule has 1 spiro atoms. The lowest BCUT2D eigenvalue weighted by atomic mass is 9.56. The fourth-order valence-electron chi connectivity index (χ4n) is 4.13. The minimum Gasteiger partial charge on any atom is -0.370 e. The Labute approximate surface area is 140 Å². The number of benzene rings is 2. The molecule has 1 aliphatic heterocycles. The second kappa shape index (κ2) is 5.74. The number of nitrogens with zero attached hydrogens (tertiary/aromatic N) is 2. The third-order valence-electron chi connectivity index (χ3n) is 5.51. The van der Waals surface area contributed by atoms with Gasteiger partial charge in [0.15, 0.2) is 0 Å². The van der Waals surface area contributed by atoms with Crippen LogP contribution in [0.15, 0.2) is 48.5 Å². The average molecular weight is 329 g/mol. The number of rotatable bonds is 4. The minimum atomic E-state index is -0.841. The lowest BCUT2D eigenvalue weighted by Crippen LogP contribution is -2.61. The first-order valence-electron chi connectivity index (χ1n) is 8.34. The largest absolute Gasteiger partial charge is 0.370 e. The molecular weight excluding hydrogens is 308 g/mol. The zero-order valence-electron chi connectivity index (χ0n) is 13.5. The standard InChI is InChI=1S/C19H21F2N3/c20-24(21)18-7-3-15(4-8-18)16-9-19(10-16)12-23(13-19)17-5-1-14(11-22)2-6-17/h1-8,16H,9-13,22H2. The Bertz CT molecular complexity index is 698.